The quantitative estimate of drug-likeness (QED) is 0.696. The number of amides is 2. The second kappa shape index (κ2) is 9.63. The Kier molecular flexibility index (Phi) is 6.68. The predicted octanol–water partition coefficient (Wildman–Crippen LogP) is 4.45. The molecule has 170 valence electrons. The summed E-state index contributed by atoms with van der Waals surface area (Å²) in [6.45, 7) is 6.59. The highest BCUT2D eigenvalue weighted by Crippen LogP contribution is 2.34. The van der Waals surface area contributed by atoms with Gasteiger partial charge >= 0.3 is 0 Å². The van der Waals surface area contributed by atoms with Gasteiger partial charge in [-0.1, -0.05) is 51.0 Å². The third kappa shape index (κ3) is 4.74. The summed E-state index contributed by atoms with van der Waals surface area (Å²) < 4.78 is 10.9. The first-order valence-corrected chi connectivity index (χ1v) is 11.5. The van der Waals surface area contributed by atoms with E-state index in [1.54, 1.807) is 6.07 Å². The Balaban J connectivity index is 1.56. The largest absolute Gasteiger partial charge is 0.454 e. The van der Waals surface area contributed by atoms with Gasteiger partial charge in [-0.2, -0.15) is 0 Å². The van der Waals surface area contributed by atoms with Crippen LogP contribution in [0.25, 0.3) is 0 Å². The van der Waals surface area contributed by atoms with E-state index in [2.05, 4.69) is 5.32 Å². The minimum absolute atomic E-state index is 0.0218. The molecule has 0 unspecified atom stereocenters. The van der Waals surface area contributed by atoms with Crippen molar-refractivity contribution < 1.29 is 19.1 Å². The number of fused-ring (bicyclic) bond motifs is 1. The Labute approximate surface area is 189 Å². The van der Waals surface area contributed by atoms with Gasteiger partial charge in [0.25, 0.3) is 5.91 Å². The van der Waals surface area contributed by atoms with Crippen LogP contribution in [0.5, 0.6) is 11.5 Å². The van der Waals surface area contributed by atoms with Crippen LogP contribution in [0.4, 0.5) is 0 Å². The Morgan fingerprint density at radius 1 is 1.06 bits per heavy atom. The summed E-state index contributed by atoms with van der Waals surface area (Å²) in [4.78, 5) is 28.8. The fraction of sp³-hybridized carbons (Fsp3) is 0.462. The topological polar surface area (TPSA) is 67.9 Å². The maximum atomic E-state index is 13.8. The maximum Gasteiger partial charge on any atom is 0.252 e. The highest BCUT2D eigenvalue weighted by Gasteiger charge is 2.34. The third-order valence-electron chi connectivity index (χ3n) is 6.45. The van der Waals surface area contributed by atoms with Gasteiger partial charge in [0, 0.05) is 18.2 Å². The first-order valence-electron chi connectivity index (χ1n) is 11.5. The van der Waals surface area contributed by atoms with Gasteiger partial charge in [-0.3, -0.25) is 9.59 Å². The van der Waals surface area contributed by atoms with Gasteiger partial charge in [-0.15, -0.1) is 0 Å². The van der Waals surface area contributed by atoms with E-state index in [4.69, 9.17) is 9.47 Å². The van der Waals surface area contributed by atoms with Gasteiger partial charge in [0.2, 0.25) is 12.7 Å². The van der Waals surface area contributed by atoms with Crippen LogP contribution in [0.1, 0.15) is 61.0 Å². The molecule has 1 N–H and O–H groups in total. The minimum Gasteiger partial charge on any atom is -0.454 e. The molecule has 6 heteroatoms. The van der Waals surface area contributed by atoms with Crippen molar-refractivity contribution in [1.29, 1.82) is 0 Å². The maximum absolute atomic E-state index is 13.8. The lowest BCUT2D eigenvalue weighted by Gasteiger charge is -2.34. The number of carbonyl (C=O) groups is 2. The van der Waals surface area contributed by atoms with Gasteiger partial charge < -0.3 is 19.7 Å². The molecule has 1 aliphatic heterocycles. The molecule has 1 atom stereocenters. The number of nitrogens with zero attached hydrogens (tertiary/aromatic N) is 1. The lowest BCUT2D eigenvalue weighted by atomic mass is 9.99. The molecule has 1 fully saturated rings. The average molecular weight is 437 g/mol. The molecule has 1 heterocycles. The van der Waals surface area contributed by atoms with E-state index < -0.39 is 6.04 Å². The normalized spacial score (nSPS) is 16.2. The van der Waals surface area contributed by atoms with Crippen LogP contribution in [0.3, 0.4) is 0 Å². The van der Waals surface area contributed by atoms with Crippen LogP contribution in [0.2, 0.25) is 0 Å². The van der Waals surface area contributed by atoms with E-state index >= 15 is 0 Å². The number of nitrogens with one attached hydrogen (secondary N) is 1. The van der Waals surface area contributed by atoms with E-state index in [1.165, 1.54) is 0 Å². The van der Waals surface area contributed by atoms with Crippen molar-refractivity contribution in [3.05, 3.63) is 59.2 Å². The molecule has 0 aromatic heterocycles. The van der Waals surface area contributed by atoms with Crippen molar-refractivity contribution in [3.63, 3.8) is 0 Å². The van der Waals surface area contributed by atoms with Gasteiger partial charge in [0.15, 0.2) is 11.5 Å². The molecule has 2 amide bonds. The molecule has 0 saturated heterocycles. The monoisotopic (exact) mass is 436 g/mol. The third-order valence-corrected chi connectivity index (χ3v) is 6.45. The summed E-state index contributed by atoms with van der Waals surface area (Å²) in [6.07, 6.45) is 4.23. The van der Waals surface area contributed by atoms with Crippen molar-refractivity contribution in [1.82, 2.24) is 10.2 Å². The number of ether oxygens (including phenoxy) is 2. The highest BCUT2D eigenvalue weighted by atomic mass is 16.7. The summed E-state index contributed by atoms with van der Waals surface area (Å²) in [5.74, 6) is 1.19. The lowest BCUT2D eigenvalue weighted by Crippen LogP contribution is -2.53. The summed E-state index contributed by atoms with van der Waals surface area (Å²) in [5, 5.41) is 3.03. The smallest absolute Gasteiger partial charge is 0.252 e. The van der Waals surface area contributed by atoms with Crippen molar-refractivity contribution in [2.75, 3.05) is 6.79 Å². The van der Waals surface area contributed by atoms with Crippen LogP contribution in [0.15, 0.2) is 42.5 Å². The van der Waals surface area contributed by atoms with Gasteiger partial charge in [0.1, 0.15) is 6.04 Å². The summed E-state index contributed by atoms with van der Waals surface area (Å²) >= 11 is 0. The zero-order valence-electron chi connectivity index (χ0n) is 19.1. The molecule has 6 nitrogen and oxygen atoms in total. The van der Waals surface area contributed by atoms with Gasteiger partial charge in [0.05, 0.1) is 0 Å². The van der Waals surface area contributed by atoms with Gasteiger partial charge in [-0.05, 0) is 55.0 Å². The molecular formula is C26H32N2O4. The zero-order valence-corrected chi connectivity index (χ0v) is 19.1. The molecule has 1 saturated carbocycles. The van der Waals surface area contributed by atoms with E-state index in [0.717, 1.165) is 48.3 Å². The van der Waals surface area contributed by atoms with E-state index in [1.807, 2.05) is 62.1 Å². The van der Waals surface area contributed by atoms with E-state index in [0.29, 0.717) is 12.1 Å². The number of aryl methyl sites for hydroxylation is 1. The Bertz CT molecular complexity index is 982. The second-order valence-electron chi connectivity index (χ2n) is 9.10. The van der Waals surface area contributed by atoms with Gasteiger partial charge in [-0.25, -0.2) is 0 Å². The van der Waals surface area contributed by atoms with Crippen LogP contribution < -0.4 is 14.8 Å². The van der Waals surface area contributed by atoms with Crippen LogP contribution in [-0.2, 0) is 11.3 Å². The van der Waals surface area contributed by atoms with E-state index in [9.17, 15) is 9.59 Å². The number of rotatable bonds is 7. The molecule has 2 aliphatic rings. The number of hydrogen-bond donors (Lipinski definition) is 1. The molecule has 2 aromatic carbocycles. The molecule has 4 rings (SSSR count). The SMILES string of the molecule is Cc1ccccc1C(=O)N[C@H](C(=O)N(Cc1ccc2c(c1)OCO2)C1CCCC1)C(C)C. The van der Waals surface area contributed by atoms with Crippen molar-refractivity contribution in [2.24, 2.45) is 5.92 Å². The second-order valence-corrected chi connectivity index (χ2v) is 9.10. The average Bonchev–Trinajstić information content (AvgIpc) is 3.47. The molecule has 0 bridgehead atoms. The predicted molar refractivity (Wildman–Crippen MR) is 123 cm³/mol. The summed E-state index contributed by atoms with van der Waals surface area (Å²) in [5.41, 5.74) is 2.50. The molecule has 2 aromatic rings. The standard InChI is InChI=1S/C26H32N2O4/c1-17(2)24(27-25(29)21-11-7-4-8-18(21)3)26(30)28(20-9-5-6-10-20)15-19-12-13-22-23(14-19)32-16-31-22/h4,7-8,11-14,17,20,24H,5-6,9-10,15-16H2,1-3H3,(H,27,29)/t24-/m0/s1. The summed E-state index contributed by atoms with van der Waals surface area (Å²) in [6, 6.07) is 12.9. The van der Waals surface area contributed by atoms with Crippen LogP contribution in [-0.4, -0.2) is 35.6 Å². The molecule has 1 aliphatic carbocycles. The zero-order chi connectivity index (χ0) is 22.7. The first-order chi connectivity index (χ1) is 15.4. The fourth-order valence-corrected chi connectivity index (χ4v) is 4.58. The van der Waals surface area contributed by atoms with Crippen molar-refractivity contribution in [2.45, 2.75) is 65.1 Å². The number of hydrogen-bond acceptors (Lipinski definition) is 4. The van der Waals surface area contributed by atoms with Crippen molar-refractivity contribution in [3.8, 4) is 11.5 Å². The molecule has 0 radical (unpaired) electrons. The Morgan fingerprint density at radius 3 is 2.50 bits per heavy atom. The number of carbonyl (C=O) groups excluding carboxylic acids is 2. The fourth-order valence-electron chi connectivity index (χ4n) is 4.58. The highest BCUT2D eigenvalue weighted by molar-refractivity contribution is 5.98. The molecular weight excluding hydrogens is 404 g/mol. The van der Waals surface area contributed by atoms with Crippen LogP contribution >= 0.6 is 0 Å². The van der Waals surface area contributed by atoms with Crippen molar-refractivity contribution >= 4 is 11.8 Å². The number of benzene rings is 2. The summed E-state index contributed by atoms with van der Waals surface area (Å²) in [7, 11) is 0. The Hall–Kier alpha value is -3.02. The first kappa shape index (κ1) is 22.2. The lowest BCUT2D eigenvalue weighted by molar-refractivity contribution is -0.137. The minimum atomic E-state index is -0.586. The van der Waals surface area contributed by atoms with E-state index in [-0.39, 0.29) is 30.6 Å². The Morgan fingerprint density at radius 2 is 1.78 bits per heavy atom. The molecule has 32 heavy (non-hydrogen) atoms. The molecule has 0 spiro atoms. The van der Waals surface area contributed by atoms with Crippen LogP contribution in [0, 0.1) is 12.8 Å².